The number of rotatable bonds is 5. The summed E-state index contributed by atoms with van der Waals surface area (Å²) in [6.45, 7) is 0.924. The van der Waals surface area contributed by atoms with Crippen LogP contribution in [-0.2, 0) is 16.4 Å². The van der Waals surface area contributed by atoms with E-state index in [0.29, 0.717) is 23.5 Å². The van der Waals surface area contributed by atoms with Crippen molar-refractivity contribution in [3.8, 4) is 0 Å². The van der Waals surface area contributed by atoms with Crippen LogP contribution in [0.1, 0.15) is 59.5 Å². The highest BCUT2D eigenvalue weighted by Gasteiger charge is 2.35. The van der Waals surface area contributed by atoms with Gasteiger partial charge in [0.1, 0.15) is 0 Å². The predicted octanol–water partition coefficient (Wildman–Crippen LogP) is 2.17. The average molecular weight is 312 g/mol. The molecule has 3 aliphatic rings. The zero-order valence-corrected chi connectivity index (χ0v) is 13.1. The topological polar surface area (TPSA) is 59.1 Å². The molecule has 6 heteroatoms. The van der Waals surface area contributed by atoms with Crippen LogP contribution >= 0.6 is 11.3 Å². The van der Waals surface area contributed by atoms with E-state index >= 15 is 0 Å². The van der Waals surface area contributed by atoms with Crippen molar-refractivity contribution in [2.45, 2.75) is 56.5 Å². The molecule has 0 bridgehead atoms. The van der Waals surface area contributed by atoms with E-state index in [4.69, 9.17) is 4.98 Å². The first-order valence-corrected chi connectivity index (χ1v) is 10.2. The van der Waals surface area contributed by atoms with Crippen molar-refractivity contribution in [2.24, 2.45) is 0 Å². The fourth-order valence-electron chi connectivity index (χ4n) is 2.87. The van der Waals surface area contributed by atoms with E-state index in [-0.39, 0.29) is 5.92 Å². The molecule has 2 heterocycles. The van der Waals surface area contributed by atoms with E-state index < -0.39 is 9.84 Å². The average Bonchev–Trinajstić information content (AvgIpc) is 3.32. The van der Waals surface area contributed by atoms with Crippen LogP contribution in [0.25, 0.3) is 0 Å². The lowest BCUT2D eigenvalue weighted by Crippen LogP contribution is -2.15. The molecular weight excluding hydrogens is 292 g/mol. The summed E-state index contributed by atoms with van der Waals surface area (Å²) in [6, 6.07) is 0.708. The molecule has 0 aromatic carbocycles. The SMILES string of the molecule is O=S1(=O)CCC(c2nc(C3CC3)c(CNC3CC3)s2)C1. The van der Waals surface area contributed by atoms with Gasteiger partial charge < -0.3 is 5.32 Å². The number of hydrogen-bond donors (Lipinski definition) is 1. The van der Waals surface area contributed by atoms with Gasteiger partial charge in [0, 0.05) is 29.3 Å². The van der Waals surface area contributed by atoms with Crippen molar-refractivity contribution in [1.82, 2.24) is 10.3 Å². The van der Waals surface area contributed by atoms with Crippen molar-refractivity contribution >= 4 is 21.2 Å². The third-order valence-corrected chi connectivity index (χ3v) is 7.42. The number of sulfone groups is 1. The molecule has 1 aliphatic heterocycles. The summed E-state index contributed by atoms with van der Waals surface area (Å²) < 4.78 is 23.3. The lowest BCUT2D eigenvalue weighted by atomic mass is 10.1. The van der Waals surface area contributed by atoms with Crippen molar-refractivity contribution in [1.29, 1.82) is 0 Å². The third kappa shape index (κ3) is 2.78. The van der Waals surface area contributed by atoms with Gasteiger partial charge in [0.25, 0.3) is 0 Å². The van der Waals surface area contributed by atoms with Crippen molar-refractivity contribution < 1.29 is 8.42 Å². The summed E-state index contributed by atoms with van der Waals surface area (Å²) in [6.07, 6.45) is 5.86. The van der Waals surface area contributed by atoms with E-state index in [1.807, 2.05) is 0 Å². The van der Waals surface area contributed by atoms with Crippen LogP contribution in [0.5, 0.6) is 0 Å². The van der Waals surface area contributed by atoms with Crippen LogP contribution in [0, 0.1) is 0 Å². The van der Waals surface area contributed by atoms with Crippen LogP contribution in [-0.4, -0.2) is 30.9 Å². The first-order chi connectivity index (χ1) is 9.61. The molecule has 1 saturated heterocycles. The Morgan fingerprint density at radius 3 is 2.55 bits per heavy atom. The van der Waals surface area contributed by atoms with Crippen LogP contribution in [0.4, 0.5) is 0 Å². The quantitative estimate of drug-likeness (QED) is 0.905. The maximum absolute atomic E-state index is 11.6. The van der Waals surface area contributed by atoms with Crippen LogP contribution in [0.15, 0.2) is 0 Å². The largest absolute Gasteiger partial charge is 0.309 e. The Morgan fingerprint density at radius 2 is 1.95 bits per heavy atom. The lowest BCUT2D eigenvalue weighted by Gasteiger charge is -2.01. The smallest absolute Gasteiger partial charge is 0.151 e. The summed E-state index contributed by atoms with van der Waals surface area (Å²) >= 11 is 1.76. The fraction of sp³-hybridized carbons (Fsp3) is 0.786. The van der Waals surface area contributed by atoms with Crippen molar-refractivity contribution in [3.05, 3.63) is 15.6 Å². The molecule has 1 unspecified atom stereocenters. The highest BCUT2D eigenvalue weighted by atomic mass is 32.2. The molecular formula is C14H20N2O2S2. The number of aromatic nitrogens is 1. The van der Waals surface area contributed by atoms with Gasteiger partial charge in [-0.25, -0.2) is 13.4 Å². The van der Waals surface area contributed by atoms with Gasteiger partial charge in [-0.1, -0.05) is 0 Å². The molecule has 0 amide bonds. The summed E-state index contributed by atoms with van der Waals surface area (Å²) in [5.74, 6) is 1.44. The normalized spacial score (nSPS) is 28.9. The Kier molecular flexibility index (Phi) is 3.16. The van der Waals surface area contributed by atoms with E-state index in [0.717, 1.165) is 18.0 Å². The number of hydrogen-bond acceptors (Lipinski definition) is 5. The monoisotopic (exact) mass is 312 g/mol. The predicted molar refractivity (Wildman–Crippen MR) is 80.0 cm³/mol. The standard InChI is InChI=1S/C14H20N2O2S2/c17-20(18)6-5-10(8-20)14-16-13(9-1-2-9)12(19-14)7-15-11-3-4-11/h9-11,15H,1-8H2. The molecule has 4 rings (SSSR count). The number of thiazole rings is 1. The summed E-state index contributed by atoms with van der Waals surface area (Å²) in [4.78, 5) is 6.19. The highest BCUT2D eigenvalue weighted by molar-refractivity contribution is 7.91. The zero-order chi connectivity index (χ0) is 13.7. The molecule has 0 radical (unpaired) electrons. The second kappa shape index (κ2) is 4.78. The second-order valence-electron chi connectivity index (χ2n) is 6.39. The minimum absolute atomic E-state index is 0.150. The first-order valence-electron chi connectivity index (χ1n) is 7.54. The Balaban J connectivity index is 1.55. The summed E-state index contributed by atoms with van der Waals surface area (Å²) in [5, 5.41) is 4.64. The molecule has 4 nitrogen and oxygen atoms in total. The summed E-state index contributed by atoms with van der Waals surface area (Å²) in [5.41, 5.74) is 1.27. The maximum atomic E-state index is 11.6. The number of nitrogens with one attached hydrogen (secondary N) is 1. The Labute approximate surface area is 123 Å². The summed E-state index contributed by atoms with van der Waals surface area (Å²) in [7, 11) is -2.82. The number of nitrogens with zero attached hydrogens (tertiary/aromatic N) is 1. The lowest BCUT2D eigenvalue weighted by molar-refractivity contribution is 0.601. The van der Waals surface area contributed by atoms with E-state index in [2.05, 4.69) is 5.32 Å². The Bertz CT molecular complexity index is 615. The zero-order valence-electron chi connectivity index (χ0n) is 11.5. The Hall–Kier alpha value is -0.460. The van der Waals surface area contributed by atoms with Gasteiger partial charge in [0.05, 0.1) is 22.2 Å². The molecule has 0 spiro atoms. The fourth-order valence-corrected chi connectivity index (χ4v) is 5.96. The first kappa shape index (κ1) is 13.2. The maximum Gasteiger partial charge on any atom is 0.151 e. The van der Waals surface area contributed by atoms with Crippen LogP contribution in [0.3, 0.4) is 0 Å². The molecule has 1 aromatic heterocycles. The van der Waals surface area contributed by atoms with E-state index in [9.17, 15) is 8.42 Å². The molecule has 2 aliphatic carbocycles. The van der Waals surface area contributed by atoms with E-state index in [1.54, 1.807) is 11.3 Å². The van der Waals surface area contributed by atoms with Gasteiger partial charge >= 0.3 is 0 Å². The minimum Gasteiger partial charge on any atom is -0.309 e. The minimum atomic E-state index is -2.82. The molecule has 1 aromatic rings. The molecule has 110 valence electrons. The third-order valence-electron chi connectivity index (χ3n) is 4.42. The highest BCUT2D eigenvalue weighted by Crippen LogP contribution is 2.44. The molecule has 1 N–H and O–H groups in total. The molecule has 2 saturated carbocycles. The van der Waals surface area contributed by atoms with Crippen LogP contribution in [0.2, 0.25) is 0 Å². The molecule has 3 fully saturated rings. The van der Waals surface area contributed by atoms with Gasteiger partial charge in [-0.15, -0.1) is 11.3 Å². The van der Waals surface area contributed by atoms with Gasteiger partial charge in [-0.05, 0) is 32.1 Å². The van der Waals surface area contributed by atoms with Gasteiger partial charge in [0.15, 0.2) is 9.84 Å². The van der Waals surface area contributed by atoms with Crippen molar-refractivity contribution in [2.75, 3.05) is 11.5 Å². The second-order valence-corrected chi connectivity index (χ2v) is 9.73. The Morgan fingerprint density at radius 1 is 1.15 bits per heavy atom. The molecule has 1 atom stereocenters. The van der Waals surface area contributed by atoms with Crippen LogP contribution < -0.4 is 5.32 Å². The van der Waals surface area contributed by atoms with E-state index in [1.165, 1.54) is 36.3 Å². The van der Waals surface area contributed by atoms with Gasteiger partial charge in [-0.2, -0.15) is 0 Å². The molecule has 20 heavy (non-hydrogen) atoms. The van der Waals surface area contributed by atoms with Gasteiger partial charge in [0.2, 0.25) is 0 Å². The van der Waals surface area contributed by atoms with Gasteiger partial charge in [-0.3, -0.25) is 0 Å². The van der Waals surface area contributed by atoms with Crippen molar-refractivity contribution in [3.63, 3.8) is 0 Å².